The van der Waals surface area contributed by atoms with E-state index in [0.29, 0.717) is 11.3 Å². The van der Waals surface area contributed by atoms with Crippen LogP contribution in [-0.2, 0) is 34.0 Å². The summed E-state index contributed by atoms with van der Waals surface area (Å²) in [5, 5.41) is 2.50. The third kappa shape index (κ3) is 4.05. The lowest BCUT2D eigenvalue weighted by molar-refractivity contribution is -0.144. The van der Waals surface area contributed by atoms with Crippen molar-refractivity contribution in [3.05, 3.63) is 83.8 Å². The summed E-state index contributed by atoms with van der Waals surface area (Å²) in [6, 6.07) is 9.68. The summed E-state index contributed by atoms with van der Waals surface area (Å²) < 4.78 is 29.7. The van der Waals surface area contributed by atoms with Crippen LogP contribution >= 0.6 is 0 Å². The Kier molecular flexibility index (Phi) is 7.08. The van der Waals surface area contributed by atoms with Gasteiger partial charge in [-0.3, -0.25) is 4.90 Å². The van der Waals surface area contributed by atoms with E-state index >= 15 is 0 Å². The standard InChI is InChI=1S/C29H27FN4O7/c1-5-14-33-19-13-9-6-10-16(19)29-15-20(24(35)39-2)34(28(38)31-18-12-8-7-11-17(18)30)27(29)32-22(26(37)41-4)21(23(29)33)25(36)40-3/h5-13,20,23H,1,14-15H2,2-4H3,(H,31,38)/t20-,23-,29-/m0/s1. The molecule has 1 N–H and O–H groups in total. The van der Waals surface area contributed by atoms with Crippen molar-refractivity contribution in [2.24, 2.45) is 4.99 Å². The minimum Gasteiger partial charge on any atom is -0.467 e. The molecule has 12 heteroatoms. The van der Waals surface area contributed by atoms with Crippen molar-refractivity contribution in [1.82, 2.24) is 4.90 Å². The van der Waals surface area contributed by atoms with Gasteiger partial charge in [-0.25, -0.2) is 28.6 Å². The van der Waals surface area contributed by atoms with Crippen molar-refractivity contribution in [1.29, 1.82) is 0 Å². The van der Waals surface area contributed by atoms with E-state index in [0.717, 1.165) is 12.0 Å². The summed E-state index contributed by atoms with van der Waals surface area (Å²) >= 11 is 0. The number of amidine groups is 1. The van der Waals surface area contributed by atoms with E-state index in [1.165, 1.54) is 38.5 Å². The smallest absolute Gasteiger partial charge is 0.357 e. The molecular weight excluding hydrogens is 535 g/mol. The molecule has 0 aliphatic carbocycles. The van der Waals surface area contributed by atoms with Crippen molar-refractivity contribution in [2.45, 2.75) is 23.9 Å². The fourth-order valence-corrected chi connectivity index (χ4v) is 6.03. The maximum absolute atomic E-state index is 14.5. The molecule has 3 aliphatic heterocycles. The van der Waals surface area contributed by atoms with Crippen LogP contribution in [0.4, 0.5) is 20.6 Å². The highest BCUT2D eigenvalue weighted by atomic mass is 19.1. The van der Waals surface area contributed by atoms with Crippen LogP contribution in [0.2, 0.25) is 0 Å². The predicted molar refractivity (Wildman–Crippen MR) is 146 cm³/mol. The second-order valence-corrected chi connectivity index (χ2v) is 9.54. The highest BCUT2D eigenvalue weighted by molar-refractivity contribution is 6.18. The number of methoxy groups -OCH3 is 3. The molecule has 41 heavy (non-hydrogen) atoms. The van der Waals surface area contributed by atoms with Gasteiger partial charge >= 0.3 is 23.9 Å². The summed E-state index contributed by atoms with van der Waals surface area (Å²) in [6.07, 6.45) is 1.57. The van der Waals surface area contributed by atoms with Crippen LogP contribution in [-0.4, -0.2) is 74.6 Å². The van der Waals surface area contributed by atoms with Gasteiger partial charge in [0.05, 0.1) is 44.0 Å². The highest BCUT2D eigenvalue weighted by Gasteiger charge is 2.67. The zero-order chi connectivity index (χ0) is 29.5. The maximum Gasteiger partial charge on any atom is 0.357 e. The summed E-state index contributed by atoms with van der Waals surface area (Å²) in [5.74, 6) is -3.24. The molecule has 11 nitrogen and oxygen atoms in total. The second kappa shape index (κ2) is 10.5. The first-order valence-electron chi connectivity index (χ1n) is 12.6. The lowest BCUT2D eigenvalue weighted by atomic mass is 9.69. The number of halogens is 1. The number of urea groups is 1. The summed E-state index contributed by atoms with van der Waals surface area (Å²) in [6.45, 7) is 4.09. The van der Waals surface area contributed by atoms with Crippen molar-refractivity contribution in [3.63, 3.8) is 0 Å². The Bertz CT molecular complexity index is 1540. The van der Waals surface area contributed by atoms with Crippen LogP contribution in [0.3, 0.4) is 0 Å². The van der Waals surface area contributed by atoms with E-state index in [9.17, 15) is 23.6 Å². The van der Waals surface area contributed by atoms with E-state index in [-0.39, 0.29) is 35.8 Å². The number of fused-ring (bicyclic) bond motifs is 1. The fraction of sp³-hybridized carbons (Fsp3) is 0.276. The van der Waals surface area contributed by atoms with Gasteiger partial charge in [-0.2, -0.15) is 0 Å². The Morgan fingerprint density at radius 2 is 1.73 bits per heavy atom. The van der Waals surface area contributed by atoms with E-state index in [1.807, 2.05) is 17.0 Å². The van der Waals surface area contributed by atoms with Gasteiger partial charge in [0.15, 0.2) is 5.70 Å². The monoisotopic (exact) mass is 562 g/mol. The van der Waals surface area contributed by atoms with Crippen LogP contribution in [0.5, 0.6) is 0 Å². The molecule has 212 valence electrons. The van der Waals surface area contributed by atoms with Gasteiger partial charge in [-0.1, -0.05) is 36.4 Å². The molecule has 1 fully saturated rings. The molecular formula is C29H27FN4O7. The number of anilines is 2. The molecule has 0 bridgehead atoms. The van der Waals surface area contributed by atoms with E-state index in [4.69, 9.17) is 14.2 Å². The minimum absolute atomic E-state index is 0.00111. The highest BCUT2D eigenvalue weighted by Crippen LogP contribution is 2.57. The van der Waals surface area contributed by atoms with Crippen LogP contribution in [0.25, 0.3) is 0 Å². The Hall–Kier alpha value is -5.00. The molecule has 5 rings (SSSR count). The zero-order valence-corrected chi connectivity index (χ0v) is 22.5. The first-order valence-corrected chi connectivity index (χ1v) is 12.6. The molecule has 1 spiro atoms. The van der Waals surface area contributed by atoms with E-state index in [1.54, 1.807) is 18.2 Å². The Morgan fingerprint density at radius 3 is 2.39 bits per heavy atom. The summed E-state index contributed by atoms with van der Waals surface area (Å²) in [7, 11) is 3.49. The summed E-state index contributed by atoms with van der Waals surface area (Å²) in [5.41, 5.74) is -0.573. The van der Waals surface area contributed by atoms with Crippen LogP contribution < -0.4 is 10.2 Å². The molecule has 1 saturated heterocycles. The van der Waals surface area contributed by atoms with Crippen LogP contribution in [0.1, 0.15) is 12.0 Å². The molecule has 2 aromatic rings. The molecule has 2 aromatic carbocycles. The lowest BCUT2D eigenvalue weighted by Gasteiger charge is -2.40. The van der Waals surface area contributed by atoms with Gasteiger partial charge in [-0.05, 0) is 30.2 Å². The number of carbonyl (C=O) groups is 4. The number of hydrogen-bond acceptors (Lipinski definition) is 9. The number of rotatable bonds is 6. The van der Waals surface area contributed by atoms with Gasteiger partial charge in [0.1, 0.15) is 17.7 Å². The molecule has 3 heterocycles. The Morgan fingerprint density at radius 1 is 1.05 bits per heavy atom. The SMILES string of the molecule is C=CCN1c2ccccc2[C@]23C[C@@H](C(=O)OC)N(C(=O)Nc4ccccc4F)C2=NC(C(=O)OC)=C(C(=O)OC)[C@H]13. The van der Waals surface area contributed by atoms with Crippen molar-refractivity contribution < 1.29 is 37.8 Å². The number of aliphatic imine (C=N–C) groups is 1. The molecule has 0 saturated carbocycles. The van der Waals surface area contributed by atoms with Gasteiger partial charge in [0.25, 0.3) is 0 Å². The van der Waals surface area contributed by atoms with E-state index < -0.39 is 47.3 Å². The molecule has 0 radical (unpaired) electrons. The molecule has 0 unspecified atom stereocenters. The first-order chi connectivity index (χ1) is 19.7. The largest absolute Gasteiger partial charge is 0.467 e. The normalized spacial score (nSPS) is 22.2. The average molecular weight is 563 g/mol. The third-order valence-electron chi connectivity index (χ3n) is 7.59. The number of benzene rings is 2. The van der Waals surface area contributed by atoms with Crippen molar-refractivity contribution in [3.8, 4) is 0 Å². The minimum atomic E-state index is -1.30. The maximum atomic E-state index is 14.5. The molecule has 2 amide bonds. The van der Waals surface area contributed by atoms with Gasteiger partial charge < -0.3 is 24.4 Å². The topological polar surface area (TPSA) is 127 Å². The molecule has 3 atom stereocenters. The number of nitrogens with zero attached hydrogens (tertiary/aromatic N) is 3. The van der Waals surface area contributed by atoms with Crippen LogP contribution in [0, 0.1) is 5.82 Å². The zero-order valence-electron chi connectivity index (χ0n) is 22.5. The number of ether oxygens (including phenoxy) is 3. The van der Waals surface area contributed by atoms with Gasteiger partial charge in [-0.15, -0.1) is 6.58 Å². The number of amides is 2. The molecule has 3 aliphatic rings. The first kappa shape index (κ1) is 27.6. The molecule has 0 aromatic heterocycles. The average Bonchev–Trinajstić information content (AvgIpc) is 3.48. The third-order valence-corrected chi connectivity index (χ3v) is 7.59. The van der Waals surface area contributed by atoms with E-state index in [2.05, 4.69) is 16.9 Å². The van der Waals surface area contributed by atoms with Gasteiger partial charge in [0.2, 0.25) is 0 Å². The van der Waals surface area contributed by atoms with Crippen LogP contribution in [0.15, 0.2) is 77.4 Å². The van der Waals surface area contributed by atoms with Gasteiger partial charge in [0, 0.05) is 12.2 Å². The predicted octanol–water partition coefficient (Wildman–Crippen LogP) is 2.93. The number of hydrogen-bond donors (Lipinski definition) is 1. The fourth-order valence-electron chi connectivity index (χ4n) is 6.03. The number of nitrogens with one attached hydrogen (secondary N) is 1. The number of carbonyl (C=O) groups excluding carboxylic acids is 4. The quantitative estimate of drug-likeness (QED) is 0.324. The van der Waals surface area contributed by atoms with Crippen molar-refractivity contribution in [2.75, 3.05) is 38.1 Å². The Labute approximate surface area is 234 Å². The summed E-state index contributed by atoms with van der Waals surface area (Å²) in [4.78, 5) is 61.0. The Balaban J connectivity index is 1.81. The second-order valence-electron chi connectivity index (χ2n) is 9.54. The van der Waals surface area contributed by atoms with Crippen molar-refractivity contribution >= 4 is 41.1 Å². The number of para-hydroxylation sites is 2. The lowest BCUT2D eigenvalue weighted by Crippen LogP contribution is -2.56. The number of esters is 3. The number of likely N-dealkylation sites (tertiary alicyclic amines) is 1.